The van der Waals surface area contributed by atoms with Gasteiger partial charge >= 0.3 is 0 Å². The molecule has 1 rings (SSSR count). The average Bonchev–Trinajstić information content (AvgIpc) is 1.59. The zero-order valence-electron chi connectivity index (χ0n) is 6.81. The number of hydrogen-bond donors (Lipinski definition) is 1. The topological polar surface area (TPSA) is 3.24 Å². The van der Waals surface area contributed by atoms with Crippen molar-refractivity contribution in [3.63, 3.8) is 0 Å². The van der Waals surface area contributed by atoms with Crippen molar-refractivity contribution in [1.82, 2.24) is 4.31 Å². The minimum Gasteiger partial charge on any atom is -0.269 e. The lowest BCUT2D eigenvalue weighted by molar-refractivity contribution is 0.122. The largest absolute Gasteiger partial charge is 0.269 e. The second kappa shape index (κ2) is 2.17. The first-order chi connectivity index (χ1) is 4.01. The molecule has 0 spiro atoms. The van der Waals surface area contributed by atoms with Crippen molar-refractivity contribution in [2.24, 2.45) is 5.41 Å². The van der Waals surface area contributed by atoms with E-state index in [9.17, 15) is 0 Å². The van der Waals surface area contributed by atoms with E-state index in [1.165, 1.54) is 13.1 Å². The van der Waals surface area contributed by atoms with Gasteiger partial charge in [-0.2, -0.15) is 0 Å². The number of hydrogen-bond acceptors (Lipinski definition) is 1. The number of nitrogens with zero attached hydrogens (tertiary/aromatic N) is 1. The van der Waals surface area contributed by atoms with Crippen LogP contribution >= 0.6 is 11.1 Å². The van der Waals surface area contributed by atoms with Crippen LogP contribution in [-0.2, 0) is 0 Å². The van der Waals surface area contributed by atoms with Crippen LogP contribution in [0.4, 0.5) is 0 Å². The summed E-state index contributed by atoms with van der Waals surface area (Å²) < 4.78 is 2.56. The first-order valence-corrected chi connectivity index (χ1v) is 5.62. The molecule has 0 aromatic heterocycles. The Balaban J connectivity index is 2.27. The maximum Gasteiger partial charge on any atom is 0.0136 e. The third kappa shape index (κ3) is 1.62. The Bertz CT molecular complexity index is 101. The molecule has 0 radical (unpaired) electrons. The summed E-state index contributed by atoms with van der Waals surface area (Å²) in [6, 6.07) is 0. The van der Waals surface area contributed by atoms with Crippen molar-refractivity contribution in [2.75, 3.05) is 25.6 Å². The Morgan fingerprint density at radius 1 is 1.22 bits per heavy atom. The molecule has 0 amide bonds. The van der Waals surface area contributed by atoms with Gasteiger partial charge in [-0.25, -0.2) is 11.1 Å². The first-order valence-electron chi connectivity index (χ1n) is 3.43. The van der Waals surface area contributed by atoms with Gasteiger partial charge in [-0.05, 0) is 17.9 Å². The van der Waals surface area contributed by atoms with E-state index in [0.717, 1.165) is 0 Å². The molecule has 0 unspecified atom stereocenters. The summed E-state index contributed by atoms with van der Waals surface area (Å²) in [4.78, 5) is 0. The fourth-order valence-corrected chi connectivity index (χ4v) is 2.56. The van der Waals surface area contributed by atoms with Crippen LogP contribution in [0.3, 0.4) is 0 Å². The van der Waals surface area contributed by atoms with E-state index in [-0.39, 0.29) is 11.1 Å². The van der Waals surface area contributed by atoms with Gasteiger partial charge in [-0.1, -0.05) is 13.8 Å². The molecule has 1 saturated heterocycles. The molecule has 0 atom stereocenters. The standard InChI is InChI=1S/C7H17NS/c1-7(2)5-8(6-7)9(3)4/h9H,5-6H2,1-4H3. The molecule has 1 heterocycles. The highest BCUT2D eigenvalue weighted by Crippen LogP contribution is 2.38. The highest BCUT2D eigenvalue weighted by molar-refractivity contribution is 8.13. The van der Waals surface area contributed by atoms with E-state index < -0.39 is 0 Å². The van der Waals surface area contributed by atoms with Crippen molar-refractivity contribution in [1.29, 1.82) is 0 Å². The third-order valence-corrected chi connectivity index (χ3v) is 3.20. The molecule has 1 fully saturated rings. The van der Waals surface area contributed by atoms with E-state index in [4.69, 9.17) is 0 Å². The monoisotopic (exact) mass is 147 g/mol. The van der Waals surface area contributed by atoms with Crippen molar-refractivity contribution in [3.05, 3.63) is 0 Å². The fourth-order valence-electron chi connectivity index (χ4n) is 1.22. The first kappa shape index (κ1) is 7.42. The SMILES string of the molecule is C[SH](C)N1CC(C)(C)C1. The van der Waals surface area contributed by atoms with E-state index in [1.54, 1.807) is 0 Å². The maximum atomic E-state index is 2.56. The van der Waals surface area contributed by atoms with Crippen LogP contribution in [0.5, 0.6) is 0 Å². The molecule has 0 saturated carbocycles. The van der Waals surface area contributed by atoms with E-state index in [0.29, 0.717) is 5.41 Å². The van der Waals surface area contributed by atoms with Gasteiger partial charge in [0, 0.05) is 13.1 Å². The van der Waals surface area contributed by atoms with Gasteiger partial charge in [-0.3, -0.25) is 4.31 Å². The molecule has 0 aliphatic carbocycles. The molecule has 1 aliphatic rings. The van der Waals surface area contributed by atoms with Crippen LogP contribution in [0.15, 0.2) is 0 Å². The lowest BCUT2D eigenvalue weighted by Gasteiger charge is -2.49. The Kier molecular flexibility index (Phi) is 1.79. The van der Waals surface area contributed by atoms with Gasteiger partial charge in [0.25, 0.3) is 0 Å². The summed E-state index contributed by atoms with van der Waals surface area (Å²) in [5, 5.41) is 0. The van der Waals surface area contributed by atoms with Gasteiger partial charge in [0.1, 0.15) is 0 Å². The normalized spacial score (nSPS) is 27.3. The van der Waals surface area contributed by atoms with E-state index >= 15 is 0 Å². The van der Waals surface area contributed by atoms with Crippen LogP contribution in [-0.4, -0.2) is 29.9 Å². The Hall–Kier alpha value is 0.310. The summed E-state index contributed by atoms with van der Waals surface area (Å²) >= 11 is 0.200. The van der Waals surface area contributed by atoms with Crippen LogP contribution in [0.2, 0.25) is 0 Å². The van der Waals surface area contributed by atoms with Crippen molar-refractivity contribution < 1.29 is 0 Å². The third-order valence-electron chi connectivity index (χ3n) is 1.79. The Morgan fingerprint density at radius 3 is 1.78 bits per heavy atom. The summed E-state index contributed by atoms with van der Waals surface area (Å²) in [5.74, 6) is 0. The molecule has 9 heavy (non-hydrogen) atoms. The van der Waals surface area contributed by atoms with Crippen LogP contribution in [0, 0.1) is 5.41 Å². The summed E-state index contributed by atoms with van der Waals surface area (Å²) in [6.45, 7) is 7.29. The molecule has 0 aromatic rings. The molecular weight excluding hydrogens is 130 g/mol. The molecule has 0 aromatic carbocycles. The van der Waals surface area contributed by atoms with Gasteiger partial charge in [0.15, 0.2) is 0 Å². The van der Waals surface area contributed by atoms with E-state index in [2.05, 4.69) is 30.7 Å². The van der Waals surface area contributed by atoms with E-state index in [1.807, 2.05) is 0 Å². The molecule has 1 aliphatic heterocycles. The predicted molar refractivity (Wildman–Crippen MR) is 46.2 cm³/mol. The predicted octanol–water partition coefficient (Wildman–Crippen LogP) is 1.50. The quantitative estimate of drug-likeness (QED) is 0.550. The van der Waals surface area contributed by atoms with Crippen molar-refractivity contribution in [3.8, 4) is 0 Å². The maximum absolute atomic E-state index is 2.56. The molecule has 2 heteroatoms. The van der Waals surface area contributed by atoms with Gasteiger partial charge in [-0.15, -0.1) is 0 Å². The number of thiol groups is 1. The lowest BCUT2D eigenvalue weighted by Crippen LogP contribution is -2.50. The van der Waals surface area contributed by atoms with Gasteiger partial charge in [0.05, 0.1) is 0 Å². The van der Waals surface area contributed by atoms with Crippen molar-refractivity contribution in [2.45, 2.75) is 13.8 Å². The zero-order valence-corrected chi connectivity index (χ0v) is 7.70. The molecule has 0 bridgehead atoms. The zero-order chi connectivity index (χ0) is 7.07. The van der Waals surface area contributed by atoms with Crippen LogP contribution in [0.25, 0.3) is 0 Å². The highest BCUT2D eigenvalue weighted by Gasteiger charge is 2.34. The number of rotatable bonds is 1. The van der Waals surface area contributed by atoms with Gasteiger partial charge in [0.2, 0.25) is 0 Å². The lowest BCUT2D eigenvalue weighted by atomic mass is 9.87. The van der Waals surface area contributed by atoms with Crippen LogP contribution in [0.1, 0.15) is 13.8 Å². The second-order valence-corrected chi connectivity index (χ2v) is 6.09. The van der Waals surface area contributed by atoms with Crippen LogP contribution < -0.4 is 0 Å². The summed E-state index contributed by atoms with van der Waals surface area (Å²) in [5.41, 5.74) is 0.618. The molecule has 56 valence electrons. The Labute approximate surface area is 60.9 Å². The smallest absolute Gasteiger partial charge is 0.0136 e. The molecule has 1 nitrogen and oxygen atoms in total. The summed E-state index contributed by atoms with van der Waals surface area (Å²) in [6.07, 6.45) is 4.65. The summed E-state index contributed by atoms with van der Waals surface area (Å²) in [7, 11) is 0. The minimum atomic E-state index is 0.200. The Morgan fingerprint density at radius 2 is 1.67 bits per heavy atom. The minimum absolute atomic E-state index is 0.200. The van der Waals surface area contributed by atoms with Crippen molar-refractivity contribution >= 4 is 11.1 Å². The second-order valence-electron chi connectivity index (χ2n) is 3.83. The molecule has 0 N–H and O–H groups in total. The molecular formula is C7H17NS. The fraction of sp³-hybridized carbons (Fsp3) is 1.00. The average molecular weight is 147 g/mol. The highest BCUT2D eigenvalue weighted by atomic mass is 32.2. The van der Waals surface area contributed by atoms with Gasteiger partial charge < -0.3 is 0 Å².